The summed E-state index contributed by atoms with van der Waals surface area (Å²) in [6, 6.07) is 8.34. The van der Waals surface area contributed by atoms with Crippen molar-refractivity contribution in [1.82, 2.24) is 0 Å². The summed E-state index contributed by atoms with van der Waals surface area (Å²) in [6.07, 6.45) is 0. The molecule has 0 aliphatic carbocycles. The molecule has 0 unspecified atom stereocenters. The summed E-state index contributed by atoms with van der Waals surface area (Å²) in [5.41, 5.74) is 1.31. The number of hydrogen-bond acceptors (Lipinski definition) is 0. The molecule has 62 valence electrons. The molecule has 1 nitrogen and oxygen atoms in total. The van der Waals surface area contributed by atoms with Crippen molar-refractivity contribution in [2.24, 2.45) is 0 Å². The Morgan fingerprint density at radius 1 is 1.09 bits per heavy atom. The van der Waals surface area contributed by atoms with E-state index in [1.807, 2.05) is 0 Å². The molecule has 0 spiro atoms. The SMILES string of the molecule is C[NH+](C)c1ccc(Br)cc1.[S-2]. The number of quaternary nitrogens is 1. The summed E-state index contributed by atoms with van der Waals surface area (Å²) < 4.78 is 1.14. The Morgan fingerprint density at radius 2 is 1.55 bits per heavy atom. The lowest BCUT2D eigenvalue weighted by atomic mass is 10.3. The van der Waals surface area contributed by atoms with E-state index < -0.39 is 0 Å². The first kappa shape index (κ1) is 11.0. The molecule has 0 bridgehead atoms. The Balaban J connectivity index is 0.000001000. The highest BCUT2D eigenvalue weighted by Gasteiger charge is 1.96. The average Bonchev–Trinajstić information content (AvgIpc) is 1.88. The van der Waals surface area contributed by atoms with Crippen molar-refractivity contribution in [3.05, 3.63) is 28.7 Å². The smallest absolute Gasteiger partial charge is 0.130 e. The van der Waals surface area contributed by atoms with Gasteiger partial charge in [-0.1, -0.05) is 15.9 Å². The minimum Gasteiger partial charge on any atom is -2.00 e. The zero-order valence-corrected chi connectivity index (χ0v) is 9.00. The Morgan fingerprint density at radius 3 is 1.91 bits per heavy atom. The summed E-state index contributed by atoms with van der Waals surface area (Å²) in [5.74, 6) is 0. The van der Waals surface area contributed by atoms with Crippen LogP contribution in [0, 0.1) is 0 Å². The van der Waals surface area contributed by atoms with Crippen molar-refractivity contribution in [1.29, 1.82) is 0 Å². The van der Waals surface area contributed by atoms with Crippen LogP contribution in [0.4, 0.5) is 5.69 Å². The fourth-order valence-electron chi connectivity index (χ4n) is 0.783. The first-order valence-electron chi connectivity index (χ1n) is 3.26. The van der Waals surface area contributed by atoms with Crippen molar-refractivity contribution in [3.8, 4) is 0 Å². The van der Waals surface area contributed by atoms with E-state index in [0.29, 0.717) is 0 Å². The Labute approximate surface area is 83.0 Å². The molecule has 11 heavy (non-hydrogen) atoms. The summed E-state index contributed by atoms with van der Waals surface area (Å²) in [7, 11) is 4.23. The largest absolute Gasteiger partial charge is 2.00 e. The summed E-state index contributed by atoms with van der Waals surface area (Å²) in [4.78, 5) is 1.35. The van der Waals surface area contributed by atoms with Crippen LogP contribution in [-0.2, 0) is 13.5 Å². The van der Waals surface area contributed by atoms with E-state index in [0.717, 1.165) is 4.47 Å². The van der Waals surface area contributed by atoms with Gasteiger partial charge in [-0.25, -0.2) is 0 Å². The molecule has 0 saturated heterocycles. The van der Waals surface area contributed by atoms with Crippen LogP contribution in [0.1, 0.15) is 0 Å². The van der Waals surface area contributed by atoms with Gasteiger partial charge < -0.3 is 18.4 Å². The van der Waals surface area contributed by atoms with E-state index in [-0.39, 0.29) is 13.5 Å². The third-order valence-electron chi connectivity index (χ3n) is 1.42. The fraction of sp³-hybridized carbons (Fsp3) is 0.250. The Hall–Kier alpha value is 0.01000. The van der Waals surface area contributed by atoms with Gasteiger partial charge in [0.05, 0.1) is 14.1 Å². The van der Waals surface area contributed by atoms with E-state index in [1.54, 1.807) is 0 Å². The monoisotopic (exact) mass is 232 g/mol. The lowest BCUT2D eigenvalue weighted by Crippen LogP contribution is -3.00. The van der Waals surface area contributed by atoms with E-state index >= 15 is 0 Å². The molecule has 0 aromatic heterocycles. The first-order chi connectivity index (χ1) is 4.70. The Bertz CT molecular complexity index is 208. The van der Waals surface area contributed by atoms with Gasteiger partial charge in [-0.05, 0) is 12.1 Å². The maximum Gasteiger partial charge on any atom is 0.130 e. The number of nitrogens with one attached hydrogen (secondary N) is 1. The third kappa shape index (κ3) is 3.27. The Kier molecular flexibility index (Phi) is 4.81. The van der Waals surface area contributed by atoms with Crippen LogP contribution in [0.15, 0.2) is 28.7 Å². The zero-order valence-electron chi connectivity index (χ0n) is 6.60. The highest BCUT2D eigenvalue weighted by Crippen LogP contribution is 2.10. The van der Waals surface area contributed by atoms with Crippen molar-refractivity contribution in [3.63, 3.8) is 0 Å². The average molecular weight is 233 g/mol. The molecular weight excluding hydrogens is 222 g/mol. The van der Waals surface area contributed by atoms with Gasteiger partial charge in [-0.2, -0.15) is 0 Å². The van der Waals surface area contributed by atoms with Crippen molar-refractivity contribution in [2.45, 2.75) is 0 Å². The van der Waals surface area contributed by atoms with E-state index in [1.165, 1.54) is 10.6 Å². The summed E-state index contributed by atoms with van der Waals surface area (Å²) in [5, 5.41) is 0. The standard InChI is InChI=1S/C8H10BrN.S/c1-10(2)8-5-3-7(9)4-6-8;/h3-6H,1-2H3;/q;-2/p+1. The molecule has 0 heterocycles. The number of benzene rings is 1. The lowest BCUT2D eigenvalue weighted by molar-refractivity contribution is -0.786. The molecule has 0 amide bonds. The van der Waals surface area contributed by atoms with Crippen LogP contribution in [-0.4, -0.2) is 14.1 Å². The molecule has 0 saturated carbocycles. The van der Waals surface area contributed by atoms with Gasteiger partial charge in [0, 0.05) is 16.6 Å². The second kappa shape index (κ2) is 4.80. The minimum absolute atomic E-state index is 0. The molecule has 0 aliphatic heterocycles. The molecule has 1 N–H and O–H groups in total. The maximum atomic E-state index is 3.39. The van der Waals surface area contributed by atoms with Crippen molar-refractivity contribution >= 4 is 35.1 Å². The molecule has 3 heteroatoms. The van der Waals surface area contributed by atoms with Crippen LogP contribution >= 0.6 is 15.9 Å². The van der Waals surface area contributed by atoms with Crippen LogP contribution in [0.3, 0.4) is 0 Å². The number of halogens is 1. The third-order valence-corrected chi connectivity index (χ3v) is 1.95. The van der Waals surface area contributed by atoms with Gasteiger partial charge in [0.2, 0.25) is 0 Å². The highest BCUT2D eigenvalue weighted by atomic mass is 79.9. The van der Waals surface area contributed by atoms with Gasteiger partial charge in [0.15, 0.2) is 0 Å². The number of hydrogen-bond donors (Lipinski definition) is 1. The summed E-state index contributed by atoms with van der Waals surface area (Å²) >= 11 is 3.39. The quantitative estimate of drug-likeness (QED) is 0.744. The van der Waals surface area contributed by atoms with E-state index in [2.05, 4.69) is 54.3 Å². The highest BCUT2D eigenvalue weighted by molar-refractivity contribution is 9.10. The van der Waals surface area contributed by atoms with Crippen LogP contribution in [0.2, 0.25) is 0 Å². The first-order valence-corrected chi connectivity index (χ1v) is 4.05. The topological polar surface area (TPSA) is 4.44 Å². The normalized spacial score (nSPS) is 9.45. The van der Waals surface area contributed by atoms with Gasteiger partial charge in [-0.15, -0.1) is 0 Å². The number of rotatable bonds is 1. The summed E-state index contributed by atoms with van der Waals surface area (Å²) in [6.45, 7) is 0. The minimum atomic E-state index is 0. The van der Waals surface area contributed by atoms with Crippen molar-refractivity contribution in [2.75, 3.05) is 14.1 Å². The van der Waals surface area contributed by atoms with Crippen LogP contribution < -0.4 is 4.90 Å². The van der Waals surface area contributed by atoms with Crippen LogP contribution in [0.25, 0.3) is 0 Å². The predicted molar refractivity (Wildman–Crippen MR) is 54.0 cm³/mol. The fourth-order valence-corrected chi connectivity index (χ4v) is 1.05. The predicted octanol–water partition coefficient (Wildman–Crippen LogP) is 1.22. The van der Waals surface area contributed by atoms with E-state index in [4.69, 9.17) is 0 Å². The molecule has 1 aromatic carbocycles. The molecule has 0 fully saturated rings. The molecule has 0 radical (unpaired) electrons. The maximum absolute atomic E-state index is 3.39. The molecular formula is C8H11BrNS-. The molecule has 0 atom stereocenters. The molecule has 1 rings (SSSR count). The van der Waals surface area contributed by atoms with Gasteiger partial charge in [-0.3, -0.25) is 0 Å². The second-order valence-electron chi connectivity index (χ2n) is 2.51. The molecule has 1 aromatic rings. The second-order valence-corrected chi connectivity index (χ2v) is 3.42. The lowest BCUT2D eigenvalue weighted by Gasteiger charge is -2.04. The van der Waals surface area contributed by atoms with Gasteiger partial charge >= 0.3 is 0 Å². The van der Waals surface area contributed by atoms with Gasteiger partial charge in [0.1, 0.15) is 5.69 Å². The molecule has 0 aliphatic rings. The van der Waals surface area contributed by atoms with Gasteiger partial charge in [0.25, 0.3) is 0 Å². The zero-order chi connectivity index (χ0) is 7.56. The van der Waals surface area contributed by atoms with Crippen LogP contribution in [0.5, 0.6) is 0 Å². The van der Waals surface area contributed by atoms with Crippen molar-refractivity contribution < 1.29 is 4.90 Å². The van der Waals surface area contributed by atoms with E-state index in [9.17, 15) is 0 Å².